The molecule has 0 saturated heterocycles. The standard InChI is InChI=1S/C16H18F3N3O/c1-22-14(16(17,18)19)12(7-20-22)15(23)21-13-6-9-3-2-8-4-10(9)11(13)5-8/h3,7-8,10-11,13H,2,4-6H2,1H3,(H,21,23). The molecular formula is C16H18F3N3O. The van der Waals surface area contributed by atoms with Crippen LogP contribution in [-0.2, 0) is 13.2 Å². The maximum Gasteiger partial charge on any atom is 0.433 e. The fourth-order valence-corrected chi connectivity index (χ4v) is 4.70. The smallest absolute Gasteiger partial charge is 0.349 e. The van der Waals surface area contributed by atoms with E-state index in [-0.39, 0.29) is 11.6 Å². The first-order chi connectivity index (χ1) is 10.8. The Kier molecular flexibility index (Phi) is 3.12. The zero-order valence-electron chi connectivity index (χ0n) is 12.7. The maximum atomic E-state index is 13.1. The summed E-state index contributed by atoms with van der Waals surface area (Å²) in [5, 5.41) is 6.45. The first-order valence-corrected chi connectivity index (χ1v) is 7.93. The van der Waals surface area contributed by atoms with Crippen molar-refractivity contribution in [1.82, 2.24) is 15.1 Å². The molecule has 4 atom stereocenters. The quantitative estimate of drug-likeness (QED) is 0.850. The molecule has 1 aromatic heterocycles. The van der Waals surface area contributed by atoms with Crippen LogP contribution in [0, 0.1) is 17.8 Å². The highest BCUT2D eigenvalue weighted by atomic mass is 19.4. The van der Waals surface area contributed by atoms with E-state index >= 15 is 0 Å². The fraction of sp³-hybridized carbons (Fsp3) is 0.625. The van der Waals surface area contributed by atoms with E-state index in [1.165, 1.54) is 19.0 Å². The number of carbonyl (C=O) groups excluding carboxylic acids is 1. The van der Waals surface area contributed by atoms with Crippen molar-refractivity contribution >= 4 is 5.91 Å². The number of alkyl halides is 3. The number of nitrogens with zero attached hydrogens (tertiary/aromatic N) is 2. The van der Waals surface area contributed by atoms with Crippen LogP contribution in [-0.4, -0.2) is 21.7 Å². The molecule has 7 heteroatoms. The third kappa shape index (κ3) is 2.28. The van der Waals surface area contributed by atoms with Gasteiger partial charge in [0, 0.05) is 13.1 Å². The van der Waals surface area contributed by atoms with Crippen molar-refractivity contribution in [3.8, 4) is 0 Å². The number of halogens is 3. The summed E-state index contributed by atoms with van der Waals surface area (Å²) in [6, 6.07) is -0.0506. The van der Waals surface area contributed by atoms with E-state index in [2.05, 4.69) is 16.5 Å². The molecule has 3 aliphatic rings. The average Bonchev–Trinajstić information content (AvgIpc) is 3.08. The van der Waals surface area contributed by atoms with E-state index in [1.54, 1.807) is 0 Å². The van der Waals surface area contributed by atoms with Gasteiger partial charge in [-0.2, -0.15) is 18.3 Å². The van der Waals surface area contributed by atoms with Crippen LogP contribution in [0.15, 0.2) is 17.8 Å². The molecule has 23 heavy (non-hydrogen) atoms. The van der Waals surface area contributed by atoms with Crippen molar-refractivity contribution in [2.45, 2.75) is 37.9 Å². The Labute approximate surface area is 131 Å². The molecule has 2 bridgehead atoms. The van der Waals surface area contributed by atoms with Crippen molar-refractivity contribution in [2.24, 2.45) is 24.8 Å². The second-order valence-electron chi connectivity index (χ2n) is 6.93. The number of carbonyl (C=O) groups is 1. The Hall–Kier alpha value is -1.79. The zero-order chi connectivity index (χ0) is 16.4. The molecule has 1 N–H and O–H groups in total. The molecule has 0 aliphatic heterocycles. The van der Waals surface area contributed by atoms with Gasteiger partial charge in [-0.15, -0.1) is 0 Å². The van der Waals surface area contributed by atoms with Crippen molar-refractivity contribution in [2.75, 3.05) is 0 Å². The van der Waals surface area contributed by atoms with Crippen LogP contribution < -0.4 is 5.32 Å². The summed E-state index contributed by atoms with van der Waals surface area (Å²) >= 11 is 0. The third-order valence-corrected chi connectivity index (χ3v) is 5.64. The molecule has 1 heterocycles. The highest BCUT2D eigenvalue weighted by molar-refractivity contribution is 5.95. The number of amides is 1. The van der Waals surface area contributed by atoms with Crippen LogP contribution in [0.2, 0.25) is 0 Å². The molecule has 3 aliphatic carbocycles. The molecule has 2 fully saturated rings. The molecule has 4 rings (SSSR count). The normalized spacial score (nSPS) is 32.1. The number of aryl methyl sites for hydroxylation is 1. The minimum atomic E-state index is -4.59. The summed E-state index contributed by atoms with van der Waals surface area (Å²) in [4.78, 5) is 12.4. The highest BCUT2D eigenvalue weighted by Gasteiger charge is 2.48. The minimum absolute atomic E-state index is 0.0506. The van der Waals surface area contributed by atoms with Crippen molar-refractivity contribution in [3.05, 3.63) is 29.1 Å². The van der Waals surface area contributed by atoms with Gasteiger partial charge in [0.05, 0.1) is 11.8 Å². The van der Waals surface area contributed by atoms with Gasteiger partial charge in [-0.3, -0.25) is 9.48 Å². The molecule has 4 unspecified atom stereocenters. The van der Waals surface area contributed by atoms with E-state index in [0.717, 1.165) is 25.5 Å². The maximum absolute atomic E-state index is 13.1. The van der Waals surface area contributed by atoms with Crippen LogP contribution in [0.1, 0.15) is 41.7 Å². The summed E-state index contributed by atoms with van der Waals surface area (Å²) in [7, 11) is 1.20. The predicted octanol–water partition coefficient (Wildman–Crippen LogP) is 2.91. The zero-order valence-corrected chi connectivity index (χ0v) is 12.7. The van der Waals surface area contributed by atoms with Crippen molar-refractivity contribution in [3.63, 3.8) is 0 Å². The second-order valence-corrected chi connectivity index (χ2v) is 6.93. The molecule has 0 aromatic carbocycles. The lowest BCUT2D eigenvalue weighted by atomic mass is 9.89. The Morgan fingerprint density at radius 1 is 1.39 bits per heavy atom. The summed E-state index contributed by atoms with van der Waals surface area (Å²) in [6.07, 6.45) is 2.81. The van der Waals surface area contributed by atoms with Gasteiger partial charge in [-0.05, 0) is 43.4 Å². The lowest BCUT2D eigenvalue weighted by Crippen LogP contribution is -2.38. The summed E-state index contributed by atoms with van der Waals surface area (Å²) < 4.78 is 40.0. The van der Waals surface area contributed by atoms with E-state index in [4.69, 9.17) is 0 Å². The van der Waals surface area contributed by atoms with Gasteiger partial charge in [-0.1, -0.05) is 11.6 Å². The van der Waals surface area contributed by atoms with Crippen molar-refractivity contribution < 1.29 is 18.0 Å². The van der Waals surface area contributed by atoms with Crippen LogP contribution in [0.4, 0.5) is 13.2 Å². The molecule has 4 nitrogen and oxygen atoms in total. The van der Waals surface area contributed by atoms with Gasteiger partial charge >= 0.3 is 6.18 Å². The Morgan fingerprint density at radius 2 is 2.17 bits per heavy atom. The van der Waals surface area contributed by atoms with Gasteiger partial charge in [0.1, 0.15) is 0 Å². The number of rotatable bonds is 2. The first kappa shape index (κ1) is 14.8. The van der Waals surface area contributed by atoms with Gasteiger partial charge in [0.25, 0.3) is 5.91 Å². The minimum Gasteiger partial charge on any atom is -0.349 e. The van der Waals surface area contributed by atoms with Gasteiger partial charge in [-0.25, -0.2) is 0 Å². The SMILES string of the molecule is Cn1ncc(C(=O)NC2CC3=CCC4CC3C2C4)c1C(F)(F)F. The average molecular weight is 325 g/mol. The third-order valence-electron chi connectivity index (χ3n) is 5.64. The number of fused-ring (bicyclic) bond motifs is 1. The number of hydrogen-bond donors (Lipinski definition) is 1. The van der Waals surface area contributed by atoms with Gasteiger partial charge in [0.2, 0.25) is 0 Å². The second kappa shape index (κ2) is 4.85. The fourth-order valence-electron chi connectivity index (χ4n) is 4.70. The molecule has 1 aromatic rings. The molecule has 0 radical (unpaired) electrons. The molecule has 124 valence electrons. The van der Waals surface area contributed by atoms with Crippen LogP contribution >= 0.6 is 0 Å². The van der Waals surface area contributed by atoms with Crippen molar-refractivity contribution in [1.29, 1.82) is 0 Å². The van der Waals surface area contributed by atoms with Gasteiger partial charge in [0.15, 0.2) is 5.69 Å². The van der Waals surface area contributed by atoms with E-state index < -0.39 is 17.8 Å². The highest BCUT2D eigenvalue weighted by Crippen LogP contribution is 2.54. The van der Waals surface area contributed by atoms with Crippen LogP contribution in [0.5, 0.6) is 0 Å². The monoisotopic (exact) mass is 325 g/mol. The van der Waals surface area contributed by atoms with E-state index in [1.807, 2.05) is 0 Å². The van der Waals surface area contributed by atoms with Crippen LogP contribution in [0.25, 0.3) is 0 Å². The Morgan fingerprint density at radius 3 is 2.91 bits per heavy atom. The lowest BCUT2D eigenvalue weighted by molar-refractivity contribution is -0.144. The van der Waals surface area contributed by atoms with Crippen LogP contribution in [0.3, 0.4) is 0 Å². The molecule has 2 saturated carbocycles. The summed E-state index contributed by atoms with van der Waals surface area (Å²) in [5.74, 6) is 0.913. The Balaban J connectivity index is 1.56. The topological polar surface area (TPSA) is 46.9 Å². The Bertz CT molecular complexity index is 691. The molecule has 1 amide bonds. The number of allylic oxidation sites excluding steroid dienone is 1. The summed E-state index contributed by atoms with van der Waals surface area (Å²) in [6.45, 7) is 0. The predicted molar refractivity (Wildman–Crippen MR) is 76.5 cm³/mol. The van der Waals surface area contributed by atoms with E-state index in [9.17, 15) is 18.0 Å². The number of aromatic nitrogens is 2. The molecule has 0 spiro atoms. The van der Waals surface area contributed by atoms with E-state index in [0.29, 0.717) is 22.4 Å². The van der Waals surface area contributed by atoms with Gasteiger partial charge < -0.3 is 5.32 Å². The lowest BCUT2D eigenvalue weighted by Gasteiger charge is -2.21. The number of hydrogen-bond acceptors (Lipinski definition) is 2. The molecular weight excluding hydrogens is 307 g/mol. The summed E-state index contributed by atoms with van der Waals surface area (Å²) in [5.41, 5.74) is 0.00794. The number of nitrogens with one attached hydrogen (secondary N) is 1. The first-order valence-electron chi connectivity index (χ1n) is 7.93. The largest absolute Gasteiger partial charge is 0.433 e.